The van der Waals surface area contributed by atoms with Crippen molar-refractivity contribution in [3.63, 3.8) is 0 Å². The summed E-state index contributed by atoms with van der Waals surface area (Å²) in [7, 11) is 1.45. The molecule has 1 amide bonds. The average Bonchev–Trinajstić information content (AvgIpc) is 2.72. The standard InChI is InChI=1S/C21H27N3O5/c1-3-29-18-6-4-16(5-7-18)22-21(26)15-24-14-20(27-2)19(25)12-17(24)13-23-8-10-28-11-9-23/h4-7,12,14H,3,8-11,13,15H2,1-2H3,(H,22,26). The highest BCUT2D eigenvalue weighted by molar-refractivity contribution is 5.90. The van der Waals surface area contributed by atoms with Crippen LogP contribution in [-0.2, 0) is 22.6 Å². The van der Waals surface area contributed by atoms with Gasteiger partial charge in [0.1, 0.15) is 12.3 Å². The fraction of sp³-hybridized carbons (Fsp3) is 0.429. The van der Waals surface area contributed by atoms with E-state index >= 15 is 0 Å². The lowest BCUT2D eigenvalue weighted by atomic mass is 10.2. The van der Waals surface area contributed by atoms with Crippen molar-refractivity contribution < 1.29 is 19.0 Å². The Morgan fingerprint density at radius 2 is 1.93 bits per heavy atom. The summed E-state index contributed by atoms with van der Waals surface area (Å²) < 4.78 is 17.7. The number of ether oxygens (including phenoxy) is 3. The third kappa shape index (κ3) is 5.82. The second-order valence-corrected chi connectivity index (χ2v) is 6.72. The molecule has 0 atom stereocenters. The number of morpholine rings is 1. The van der Waals surface area contributed by atoms with E-state index in [4.69, 9.17) is 14.2 Å². The SMILES string of the molecule is CCOc1ccc(NC(=O)Cn2cc(OC)c(=O)cc2CN2CCOCC2)cc1. The van der Waals surface area contributed by atoms with Crippen LogP contribution in [0.15, 0.2) is 41.3 Å². The van der Waals surface area contributed by atoms with Gasteiger partial charge < -0.3 is 24.1 Å². The van der Waals surface area contributed by atoms with Gasteiger partial charge in [0.15, 0.2) is 5.75 Å². The molecule has 1 aromatic heterocycles. The van der Waals surface area contributed by atoms with E-state index in [2.05, 4.69) is 10.2 Å². The van der Waals surface area contributed by atoms with Crippen LogP contribution in [0, 0.1) is 0 Å². The minimum Gasteiger partial charge on any atom is -0.494 e. The summed E-state index contributed by atoms with van der Waals surface area (Å²) in [6, 6.07) is 8.75. The summed E-state index contributed by atoms with van der Waals surface area (Å²) in [5.74, 6) is 0.774. The van der Waals surface area contributed by atoms with Crippen LogP contribution < -0.4 is 20.2 Å². The molecular formula is C21H27N3O5. The Bertz CT molecular complexity index is 873. The molecule has 0 bridgehead atoms. The van der Waals surface area contributed by atoms with E-state index in [0.29, 0.717) is 32.1 Å². The lowest BCUT2D eigenvalue weighted by Gasteiger charge is -2.27. The molecule has 8 heteroatoms. The number of nitrogens with one attached hydrogen (secondary N) is 1. The number of benzene rings is 1. The number of nitrogens with zero attached hydrogens (tertiary/aromatic N) is 2. The molecule has 0 spiro atoms. The van der Waals surface area contributed by atoms with Crippen molar-refractivity contribution in [3.05, 3.63) is 52.4 Å². The molecule has 1 saturated heterocycles. The second-order valence-electron chi connectivity index (χ2n) is 6.72. The predicted octanol–water partition coefficient (Wildman–Crippen LogP) is 1.73. The number of methoxy groups -OCH3 is 1. The summed E-state index contributed by atoms with van der Waals surface area (Å²) in [6.45, 7) is 6.06. The Morgan fingerprint density at radius 3 is 2.59 bits per heavy atom. The molecule has 1 aliphatic rings. The molecule has 8 nitrogen and oxygen atoms in total. The van der Waals surface area contributed by atoms with Gasteiger partial charge in [0, 0.05) is 37.1 Å². The van der Waals surface area contributed by atoms with Crippen LogP contribution in [0.5, 0.6) is 11.5 Å². The number of pyridine rings is 1. The van der Waals surface area contributed by atoms with Gasteiger partial charge in [-0.3, -0.25) is 14.5 Å². The predicted molar refractivity (Wildman–Crippen MR) is 110 cm³/mol. The van der Waals surface area contributed by atoms with Gasteiger partial charge in [-0.2, -0.15) is 0 Å². The van der Waals surface area contributed by atoms with Crippen molar-refractivity contribution in [1.82, 2.24) is 9.47 Å². The van der Waals surface area contributed by atoms with Crippen LogP contribution in [0.2, 0.25) is 0 Å². The van der Waals surface area contributed by atoms with Gasteiger partial charge in [-0.15, -0.1) is 0 Å². The summed E-state index contributed by atoms with van der Waals surface area (Å²) in [5, 5.41) is 2.87. The number of hydrogen-bond acceptors (Lipinski definition) is 6. The van der Waals surface area contributed by atoms with Crippen LogP contribution in [0.3, 0.4) is 0 Å². The first-order valence-electron chi connectivity index (χ1n) is 9.69. The number of anilines is 1. The summed E-state index contributed by atoms with van der Waals surface area (Å²) in [6.07, 6.45) is 1.59. The molecule has 156 valence electrons. The van der Waals surface area contributed by atoms with E-state index in [1.807, 2.05) is 19.1 Å². The number of carbonyl (C=O) groups excluding carboxylic acids is 1. The van der Waals surface area contributed by atoms with Crippen LogP contribution >= 0.6 is 0 Å². The van der Waals surface area contributed by atoms with E-state index in [9.17, 15) is 9.59 Å². The minimum absolute atomic E-state index is 0.0729. The fourth-order valence-corrected chi connectivity index (χ4v) is 3.18. The zero-order chi connectivity index (χ0) is 20.6. The number of aromatic nitrogens is 1. The lowest BCUT2D eigenvalue weighted by Crippen LogP contribution is -2.37. The monoisotopic (exact) mass is 401 g/mol. The number of amides is 1. The Balaban J connectivity index is 1.73. The molecule has 1 aliphatic heterocycles. The van der Waals surface area contributed by atoms with Gasteiger partial charge in [0.05, 0.1) is 33.1 Å². The number of hydrogen-bond donors (Lipinski definition) is 1. The third-order valence-electron chi connectivity index (χ3n) is 4.65. The maximum absolute atomic E-state index is 12.6. The van der Waals surface area contributed by atoms with Crippen LogP contribution in [0.1, 0.15) is 12.6 Å². The molecule has 29 heavy (non-hydrogen) atoms. The molecule has 0 aliphatic carbocycles. The van der Waals surface area contributed by atoms with E-state index < -0.39 is 0 Å². The highest BCUT2D eigenvalue weighted by Gasteiger charge is 2.16. The first-order chi connectivity index (χ1) is 14.1. The van der Waals surface area contributed by atoms with E-state index in [-0.39, 0.29) is 23.6 Å². The van der Waals surface area contributed by atoms with Crippen molar-refractivity contribution in [2.45, 2.75) is 20.0 Å². The molecule has 1 fully saturated rings. The lowest BCUT2D eigenvalue weighted by molar-refractivity contribution is -0.116. The van der Waals surface area contributed by atoms with Crippen molar-refractivity contribution >= 4 is 11.6 Å². The second kappa shape index (κ2) is 10.1. The molecule has 2 aromatic rings. The quantitative estimate of drug-likeness (QED) is 0.726. The Labute approximate surface area is 170 Å². The normalized spacial score (nSPS) is 14.4. The van der Waals surface area contributed by atoms with Crippen molar-refractivity contribution in [1.29, 1.82) is 0 Å². The summed E-state index contributed by atoms with van der Waals surface area (Å²) >= 11 is 0. The first kappa shape index (κ1) is 20.9. The van der Waals surface area contributed by atoms with Crippen LogP contribution in [0.4, 0.5) is 5.69 Å². The Morgan fingerprint density at radius 1 is 1.21 bits per heavy atom. The molecule has 2 heterocycles. The summed E-state index contributed by atoms with van der Waals surface area (Å²) in [4.78, 5) is 27.0. The highest BCUT2D eigenvalue weighted by atomic mass is 16.5. The third-order valence-corrected chi connectivity index (χ3v) is 4.65. The van der Waals surface area contributed by atoms with Crippen molar-refractivity contribution in [2.75, 3.05) is 45.3 Å². The minimum atomic E-state index is -0.195. The van der Waals surface area contributed by atoms with Gasteiger partial charge in [-0.05, 0) is 31.2 Å². The van der Waals surface area contributed by atoms with Gasteiger partial charge in [-0.1, -0.05) is 0 Å². The van der Waals surface area contributed by atoms with Crippen LogP contribution in [-0.4, -0.2) is 55.4 Å². The zero-order valence-corrected chi connectivity index (χ0v) is 16.8. The smallest absolute Gasteiger partial charge is 0.244 e. The molecule has 0 radical (unpaired) electrons. The Kier molecular flexibility index (Phi) is 7.26. The van der Waals surface area contributed by atoms with E-state index in [0.717, 1.165) is 24.5 Å². The molecule has 1 aromatic carbocycles. The van der Waals surface area contributed by atoms with Gasteiger partial charge in [0.25, 0.3) is 0 Å². The van der Waals surface area contributed by atoms with Crippen molar-refractivity contribution in [2.24, 2.45) is 0 Å². The van der Waals surface area contributed by atoms with E-state index in [1.54, 1.807) is 29.0 Å². The van der Waals surface area contributed by atoms with E-state index in [1.165, 1.54) is 7.11 Å². The molecule has 0 unspecified atom stereocenters. The largest absolute Gasteiger partial charge is 0.494 e. The molecule has 3 rings (SSSR count). The molecule has 0 saturated carbocycles. The van der Waals surface area contributed by atoms with Gasteiger partial charge in [0.2, 0.25) is 11.3 Å². The van der Waals surface area contributed by atoms with Crippen LogP contribution in [0.25, 0.3) is 0 Å². The molecular weight excluding hydrogens is 374 g/mol. The highest BCUT2D eigenvalue weighted by Crippen LogP contribution is 2.16. The topological polar surface area (TPSA) is 82.0 Å². The fourth-order valence-electron chi connectivity index (χ4n) is 3.18. The van der Waals surface area contributed by atoms with Gasteiger partial charge in [-0.25, -0.2) is 0 Å². The first-order valence-corrected chi connectivity index (χ1v) is 9.69. The van der Waals surface area contributed by atoms with Gasteiger partial charge >= 0.3 is 0 Å². The summed E-state index contributed by atoms with van der Waals surface area (Å²) in [5.41, 5.74) is 1.25. The maximum Gasteiger partial charge on any atom is 0.244 e. The average molecular weight is 401 g/mol. The number of carbonyl (C=O) groups is 1. The molecule has 1 N–H and O–H groups in total. The van der Waals surface area contributed by atoms with Crippen molar-refractivity contribution in [3.8, 4) is 11.5 Å². The number of rotatable bonds is 8. The zero-order valence-electron chi connectivity index (χ0n) is 16.8. The maximum atomic E-state index is 12.6. The Hall–Kier alpha value is -2.84.